The maximum atomic E-state index is 14.8. The van der Waals surface area contributed by atoms with Gasteiger partial charge in [-0.25, -0.2) is 4.39 Å². The van der Waals surface area contributed by atoms with Crippen LogP contribution in [0.1, 0.15) is 51.5 Å². The predicted molar refractivity (Wildman–Crippen MR) is 146 cm³/mol. The molecule has 0 aromatic heterocycles. The monoisotopic (exact) mass is 484 g/mol. The van der Waals surface area contributed by atoms with Crippen molar-refractivity contribution in [3.63, 3.8) is 0 Å². The first-order valence-corrected chi connectivity index (χ1v) is 13.0. The van der Waals surface area contributed by atoms with Gasteiger partial charge < -0.3 is 4.74 Å². The lowest BCUT2D eigenvalue weighted by Crippen LogP contribution is -2.01. The quantitative estimate of drug-likeness (QED) is 0.192. The normalized spacial score (nSPS) is 11.0. The van der Waals surface area contributed by atoms with Crippen molar-refractivity contribution in [3.8, 4) is 39.1 Å². The summed E-state index contributed by atoms with van der Waals surface area (Å²) < 4.78 is 34.9. The molecule has 4 aromatic rings. The summed E-state index contributed by atoms with van der Waals surface area (Å²) in [4.78, 5) is 0. The van der Waals surface area contributed by atoms with Gasteiger partial charge in [-0.05, 0) is 58.4 Å². The second kappa shape index (κ2) is 12.5. The molecule has 36 heavy (non-hydrogen) atoms. The first-order valence-electron chi connectivity index (χ1n) is 13.0. The van der Waals surface area contributed by atoms with Gasteiger partial charge in [-0.3, -0.25) is 0 Å². The van der Waals surface area contributed by atoms with E-state index in [0.717, 1.165) is 49.7 Å². The Morgan fingerprint density at radius 2 is 1.06 bits per heavy atom. The highest BCUT2D eigenvalue weighted by atomic mass is 19.2. The first-order chi connectivity index (χ1) is 17.6. The van der Waals surface area contributed by atoms with E-state index < -0.39 is 11.6 Å². The Labute approximate surface area is 213 Å². The average molecular weight is 485 g/mol. The molecule has 0 aliphatic heterocycles. The third-order valence-electron chi connectivity index (χ3n) is 6.54. The minimum Gasteiger partial charge on any atom is -0.490 e. The van der Waals surface area contributed by atoms with Gasteiger partial charge in [0, 0.05) is 5.56 Å². The molecule has 4 aromatic carbocycles. The maximum Gasteiger partial charge on any atom is 0.201 e. The SMILES string of the molecule is CCCCCCOc1ccc(-c2ccc(-c3ccc(-c4ccc(CCC)cc4)cc3)cc2)c(F)c1F. The molecule has 0 radical (unpaired) electrons. The van der Waals surface area contributed by atoms with Crippen LogP contribution in [0, 0.1) is 11.6 Å². The molecule has 0 atom stereocenters. The summed E-state index contributed by atoms with van der Waals surface area (Å²) in [6, 6.07) is 27.8. The second-order valence-electron chi connectivity index (χ2n) is 9.25. The summed E-state index contributed by atoms with van der Waals surface area (Å²) in [5.74, 6) is -1.82. The summed E-state index contributed by atoms with van der Waals surface area (Å²) in [5.41, 5.74) is 6.70. The minimum absolute atomic E-state index is 0.0236. The van der Waals surface area contributed by atoms with Crippen molar-refractivity contribution in [2.24, 2.45) is 0 Å². The van der Waals surface area contributed by atoms with Crippen LogP contribution in [0.3, 0.4) is 0 Å². The van der Waals surface area contributed by atoms with Crippen LogP contribution in [0.2, 0.25) is 0 Å². The standard InChI is InChI=1S/C33H34F2O/c1-3-5-6-7-23-36-31-22-21-30(32(34)33(31)35)29-19-17-28(18-20-29)27-15-13-26(14-16-27)25-11-9-24(8-4-2)10-12-25/h9-22H,3-8,23H2,1-2H3. The molecule has 0 spiro atoms. The molecule has 186 valence electrons. The van der Waals surface area contributed by atoms with Gasteiger partial charge in [0.25, 0.3) is 0 Å². The lowest BCUT2D eigenvalue weighted by atomic mass is 9.97. The zero-order valence-corrected chi connectivity index (χ0v) is 21.2. The minimum atomic E-state index is -0.926. The Bertz CT molecular complexity index is 1240. The molecule has 0 amide bonds. The average Bonchev–Trinajstić information content (AvgIpc) is 2.92. The van der Waals surface area contributed by atoms with E-state index in [1.807, 2.05) is 24.3 Å². The van der Waals surface area contributed by atoms with Crippen molar-refractivity contribution in [1.29, 1.82) is 0 Å². The number of benzene rings is 4. The van der Waals surface area contributed by atoms with Crippen LogP contribution in [-0.4, -0.2) is 6.61 Å². The number of halogens is 2. The van der Waals surface area contributed by atoms with Crippen LogP contribution in [0.15, 0.2) is 84.9 Å². The zero-order chi connectivity index (χ0) is 25.3. The van der Waals surface area contributed by atoms with E-state index in [1.165, 1.54) is 22.8 Å². The van der Waals surface area contributed by atoms with Crippen molar-refractivity contribution in [3.05, 3.63) is 102 Å². The van der Waals surface area contributed by atoms with Gasteiger partial charge in [0.15, 0.2) is 11.6 Å². The Hall–Kier alpha value is -3.46. The highest BCUT2D eigenvalue weighted by Gasteiger charge is 2.16. The topological polar surface area (TPSA) is 9.23 Å². The molecule has 0 aliphatic rings. The smallest absolute Gasteiger partial charge is 0.201 e. The van der Waals surface area contributed by atoms with Gasteiger partial charge in [-0.2, -0.15) is 4.39 Å². The maximum absolute atomic E-state index is 14.8. The van der Waals surface area contributed by atoms with Crippen LogP contribution in [0.4, 0.5) is 8.78 Å². The Morgan fingerprint density at radius 1 is 0.528 bits per heavy atom. The predicted octanol–water partition coefficient (Wildman–Crippen LogP) is 9.88. The van der Waals surface area contributed by atoms with Gasteiger partial charge in [-0.1, -0.05) is 112 Å². The van der Waals surface area contributed by atoms with E-state index in [-0.39, 0.29) is 11.3 Å². The van der Waals surface area contributed by atoms with Gasteiger partial charge in [0.1, 0.15) is 0 Å². The fourth-order valence-corrected chi connectivity index (χ4v) is 4.43. The van der Waals surface area contributed by atoms with Crippen LogP contribution >= 0.6 is 0 Å². The lowest BCUT2D eigenvalue weighted by Gasteiger charge is -2.11. The highest BCUT2D eigenvalue weighted by molar-refractivity contribution is 5.73. The van der Waals surface area contributed by atoms with Crippen LogP contribution in [-0.2, 0) is 6.42 Å². The number of aryl methyl sites for hydroxylation is 1. The highest BCUT2D eigenvalue weighted by Crippen LogP contribution is 2.32. The summed E-state index contributed by atoms with van der Waals surface area (Å²) in [6.45, 7) is 4.72. The number of unbranched alkanes of at least 4 members (excludes halogenated alkanes) is 3. The fourth-order valence-electron chi connectivity index (χ4n) is 4.43. The Morgan fingerprint density at radius 3 is 1.58 bits per heavy atom. The molecule has 1 nitrogen and oxygen atoms in total. The van der Waals surface area contributed by atoms with Gasteiger partial charge in [0.2, 0.25) is 5.82 Å². The number of hydrogen-bond acceptors (Lipinski definition) is 1. The molecule has 0 aliphatic carbocycles. The van der Waals surface area contributed by atoms with Crippen molar-refractivity contribution < 1.29 is 13.5 Å². The van der Waals surface area contributed by atoms with Crippen LogP contribution < -0.4 is 4.74 Å². The van der Waals surface area contributed by atoms with E-state index in [9.17, 15) is 8.78 Å². The molecule has 4 rings (SSSR count). The Kier molecular flexibility index (Phi) is 8.89. The zero-order valence-electron chi connectivity index (χ0n) is 21.2. The fraction of sp³-hybridized carbons (Fsp3) is 0.273. The molecule has 0 heterocycles. The largest absolute Gasteiger partial charge is 0.490 e. The van der Waals surface area contributed by atoms with E-state index in [4.69, 9.17) is 4.74 Å². The van der Waals surface area contributed by atoms with E-state index >= 15 is 0 Å². The van der Waals surface area contributed by atoms with Crippen LogP contribution in [0.25, 0.3) is 33.4 Å². The summed E-state index contributed by atoms with van der Waals surface area (Å²) >= 11 is 0. The molecule has 0 bridgehead atoms. The molecule has 0 fully saturated rings. The first kappa shape index (κ1) is 25.6. The molecule has 0 saturated heterocycles. The van der Waals surface area contributed by atoms with E-state index in [2.05, 4.69) is 62.4 Å². The van der Waals surface area contributed by atoms with Crippen molar-refractivity contribution in [2.75, 3.05) is 6.61 Å². The number of rotatable bonds is 11. The Balaban J connectivity index is 1.44. The number of ether oxygens (including phenoxy) is 1. The second-order valence-corrected chi connectivity index (χ2v) is 9.25. The van der Waals surface area contributed by atoms with Crippen LogP contribution in [0.5, 0.6) is 5.75 Å². The molecule has 0 unspecified atom stereocenters. The molecule has 3 heteroatoms. The summed E-state index contributed by atoms with van der Waals surface area (Å²) in [7, 11) is 0. The third-order valence-corrected chi connectivity index (χ3v) is 6.54. The van der Waals surface area contributed by atoms with Crippen molar-refractivity contribution in [1.82, 2.24) is 0 Å². The molecule has 0 N–H and O–H groups in total. The van der Waals surface area contributed by atoms with E-state index in [0.29, 0.717) is 12.2 Å². The summed E-state index contributed by atoms with van der Waals surface area (Å²) in [5, 5.41) is 0. The number of hydrogen-bond donors (Lipinski definition) is 0. The summed E-state index contributed by atoms with van der Waals surface area (Å²) in [6.07, 6.45) is 6.35. The third kappa shape index (κ3) is 6.20. The molecule has 0 saturated carbocycles. The van der Waals surface area contributed by atoms with Crippen molar-refractivity contribution >= 4 is 0 Å². The lowest BCUT2D eigenvalue weighted by molar-refractivity contribution is 0.285. The van der Waals surface area contributed by atoms with Gasteiger partial charge in [0.05, 0.1) is 6.61 Å². The molecular formula is C33H34F2O. The van der Waals surface area contributed by atoms with Gasteiger partial charge in [-0.15, -0.1) is 0 Å². The van der Waals surface area contributed by atoms with E-state index in [1.54, 1.807) is 6.07 Å². The molecular weight excluding hydrogens is 450 g/mol. The van der Waals surface area contributed by atoms with Gasteiger partial charge >= 0.3 is 0 Å². The van der Waals surface area contributed by atoms with Crippen molar-refractivity contribution in [2.45, 2.75) is 52.4 Å².